The summed E-state index contributed by atoms with van der Waals surface area (Å²) in [5.41, 5.74) is 9.06. The van der Waals surface area contributed by atoms with E-state index in [4.69, 9.17) is 18.0 Å². The van der Waals surface area contributed by atoms with E-state index < -0.39 is 6.43 Å². The predicted octanol–water partition coefficient (Wildman–Crippen LogP) is 3.80. The van der Waals surface area contributed by atoms with Crippen LogP contribution in [0.5, 0.6) is 5.75 Å². The van der Waals surface area contributed by atoms with Crippen LogP contribution in [0.15, 0.2) is 42.6 Å². The fourth-order valence-corrected chi connectivity index (χ4v) is 3.15. The van der Waals surface area contributed by atoms with Crippen LogP contribution in [-0.4, -0.2) is 26.2 Å². The number of hydrogen-bond donors (Lipinski definition) is 3. The van der Waals surface area contributed by atoms with Gasteiger partial charge in [0, 0.05) is 35.6 Å². The first-order valence-electron chi connectivity index (χ1n) is 8.04. The highest BCUT2D eigenvalue weighted by molar-refractivity contribution is 7.80. The number of phenols is 1. The maximum Gasteiger partial charge on any atom is 0.240 e. The highest BCUT2D eigenvalue weighted by Gasteiger charge is 2.14. The number of thiocarbonyl (C=S) groups is 1. The van der Waals surface area contributed by atoms with E-state index >= 15 is 0 Å². The number of hydrogen-bond acceptors (Lipinski definition) is 3. The van der Waals surface area contributed by atoms with Gasteiger partial charge in [-0.1, -0.05) is 30.4 Å². The molecule has 0 amide bonds. The van der Waals surface area contributed by atoms with Crippen molar-refractivity contribution in [3.8, 4) is 16.9 Å². The number of aryl methyl sites for hydroxylation is 1. The summed E-state index contributed by atoms with van der Waals surface area (Å²) in [5, 5.41) is 20.1. The molecule has 1 heterocycles. The molecule has 0 saturated carbocycles. The Morgan fingerprint density at radius 3 is 2.62 bits per heavy atom. The van der Waals surface area contributed by atoms with E-state index in [0.717, 1.165) is 22.0 Å². The van der Waals surface area contributed by atoms with Gasteiger partial charge in [0.15, 0.2) is 0 Å². The molecule has 0 aliphatic carbocycles. The van der Waals surface area contributed by atoms with Crippen LogP contribution in [0.4, 0.5) is 8.78 Å². The maximum absolute atomic E-state index is 12.7. The highest BCUT2D eigenvalue weighted by atomic mass is 32.1. The van der Waals surface area contributed by atoms with Gasteiger partial charge in [0.2, 0.25) is 6.43 Å². The van der Waals surface area contributed by atoms with E-state index in [0.29, 0.717) is 11.1 Å². The van der Waals surface area contributed by atoms with Crippen molar-refractivity contribution in [1.82, 2.24) is 4.57 Å². The molecule has 0 spiro atoms. The zero-order valence-electron chi connectivity index (χ0n) is 13.8. The zero-order valence-corrected chi connectivity index (χ0v) is 14.6. The third-order valence-corrected chi connectivity index (χ3v) is 4.51. The number of nitrogens with zero attached hydrogens (tertiary/aromatic N) is 1. The molecule has 0 aliphatic rings. The van der Waals surface area contributed by atoms with Gasteiger partial charge in [-0.15, -0.1) is 0 Å². The second-order valence-corrected chi connectivity index (χ2v) is 6.46. The molecule has 1 aromatic heterocycles. The van der Waals surface area contributed by atoms with Crippen LogP contribution in [0.2, 0.25) is 0 Å². The van der Waals surface area contributed by atoms with Crippen molar-refractivity contribution in [3.63, 3.8) is 0 Å². The number of benzene rings is 2. The van der Waals surface area contributed by atoms with Crippen LogP contribution in [0.1, 0.15) is 17.5 Å². The van der Waals surface area contributed by atoms with Gasteiger partial charge in [-0.25, -0.2) is 8.78 Å². The lowest BCUT2D eigenvalue weighted by Crippen LogP contribution is -2.09. The van der Waals surface area contributed by atoms with Crippen molar-refractivity contribution in [2.45, 2.75) is 26.0 Å². The van der Waals surface area contributed by atoms with Crippen molar-refractivity contribution in [3.05, 3.63) is 53.7 Å². The van der Waals surface area contributed by atoms with Gasteiger partial charge in [0.25, 0.3) is 0 Å². The fourth-order valence-electron chi connectivity index (χ4n) is 2.99. The Bertz CT molecular complexity index is 970. The van der Waals surface area contributed by atoms with E-state index in [1.807, 2.05) is 6.07 Å². The summed E-state index contributed by atoms with van der Waals surface area (Å²) in [6.45, 7) is 0.0272. The molecule has 4 N–H and O–H groups in total. The number of fused-ring (bicyclic) bond motifs is 1. The highest BCUT2D eigenvalue weighted by Crippen LogP contribution is 2.34. The topological polar surface area (TPSA) is 71.4 Å². The summed E-state index contributed by atoms with van der Waals surface area (Å²) in [4.78, 5) is 0.0772. The molecular weight excluding hydrogens is 358 g/mol. The molecule has 136 valence electrons. The minimum absolute atomic E-state index is 0.00902. The summed E-state index contributed by atoms with van der Waals surface area (Å²) in [5.74, 6) is -0.00902. The van der Waals surface area contributed by atoms with Gasteiger partial charge in [-0.3, -0.25) is 0 Å². The summed E-state index contributed by atoms with van der Waals surface area (Å²) < 4.78 is 27.1. The first-order valence-corrected chi connectivity index (χ1v) is 8.45. The fraction of sp³-hybridized carbons (Fsp3) is 0.211. The van der Waals surface area contributed by atoms with E-state index in [2.05, 4.69) is 0 Å². The molecule has 3 aromatic rings. The first-order chi connectivity index (χ1) is 12.4. The standard InChI is InChI=1S/C19H18F2N2O2S/c20-18(21)5-6-23-9-15(13-3-1-11(10-24)7-16(13)23)12-2-4-17(25)14(8-12)19(22)26/h1-4,7-9,18,24-25H,5-6,10H2,(H2,22,26). The lowest BCUT2D eigenvalue weighted by atomic mass is 10.0. The molecule has 4 nitrogen and oxygen atoms in total. The van der Waals surface area contributed by atoms with Gasteiger partial charge in [-0.2, -0.15) is 0 Å². The van der Waals surface area contributed by atoms with Gasteiger partial charge in [0.05, 0.1) is 12.2 Å². The van der Waals surface area contributed by atoms with E-state index in [1.165, 1.54) is 6.07 Å². The molecule has 0 bridgehead atoms. The number of aliphatic hydroxyl groups excluding tert-OH is 1. The minimum atomic E-state index is -2.40. The first kappa shape index (κ1) is 18.3. The van der Waals surface area contributed by atoms with Gasteiger partial charge in [-0.05, 0) is 29.3 Å². The number of phenolic OH excluding ortho intramolecular Hbond substituents is 1. The van der Waals surface area contributed by atoms with Crippen molar-refractivity contribution in [1.29, 1.82) is 0 Å². The molecule has 26 heavy (non-hydrogen) atoms. The smallest absolute Gasteiger partial charge is 0.240 e. The van der Waals surface area contributed by atoms with Crippen LogP contribution >= 0.6 is 12.2 Å². The average Bonchev–Trinajstić information content (AvgIpc) is 2.98. The predicted molar refractivity (Wildman–Crippen MR) is 101 cm³/mol. The molecular formula is C19H18F2N2O2S. The third-order valence-electron chi connectivity index (χ3n) is 4.29. The van der Waals surface area contributed by atoms with Crippen LogP contribution < -0.4 is 5.73 Å². The van der Waals surface area contributed by atoms with E-state index in [9.17, 15) is 19.0 Å². The number of aliphatic hydroxyl groups is 1. The summed E-state index contributed by atoms with van der Waals surface area (Å²) in [6, 6.07) is 10.3. The number of rotatable bonds is 6. The molecule has 0 atom stereocenters. The lowest BCUT2D eigenvalue weighted by molar-refractivity contribution is 0.132. The molecule has 0 unspecified atom stereocenters. The lowest BCUT2D eigenvalue weighted by Gasteiger charge is -2.06. The number of alkyl halides is 2. The summed E-state index contributed by atoms with van der Waals surface area (Å²) in [7, 11) is 0. The molecule has 2 aromatic carbocycles. The van der Waals surface area contributed by atoms with Crippen molar-refractivity contribution >= 4 is 28.1 Å². The molecule has 0 radical (unpaired) electrons. The largest absolute Gasteiger partial charge is 0.507 e. The van der Waals surface area contributed by atoms with Crippen molar-refractivity contribution in [2.75, 3.05) is 0 Å². The van der Waals surface area contributed by atoms with Crippen LogP contribution in [0, 0.1) is 0 Å². The third kappa shape index (κ3) is 3.54. The second kappa shape index (κ2) is 7.39. The Kier molecular flexibility index (Phi) is 5.20. The molecule has 3 rings (SSSR count). The molecule has 7 heteroatoms. The van der Waals surface area contributed by atoms with Crippen LogP contribution in [0.3, 0.4) is 0 Å². The van der Waals surface area contributed by atoms with E-state index in [-0.39, 0.29) is 30.3 Å². The van der Waals surface area contributed by atoms with Crippen LogP contribution in [-0.2, 0) is 13.2 Å². The maximum atomic E-state index is 12.7. The number of nitrogens with two attached hydrogens (primary N) is 1. The normalized spacial score (nSPS) is 11.4. The number of aromatic nitrogens is 1. The Morgan fingerprint density at radius 2 is 1.96 bits per heavy atom. The van der Waals surface area contributed by atoms with E-state index in [1.54, 1.807) is 35.0 Å². The van der Waals surface area contributed by atoms with Crippen molar-refractivity contribution in [2.24, 2.45) is 5.73 Å². The molecule has 0 fully saturated rings. The molecule has 0 aliphatic heterocycles. The minimum Gasteiger partial charge on any atom is -0.507 e. The van der Waals surface area contributed by atoms with Crippen molar-refractivity contribution < 1.29 is 19.0 Å². The van der Waals surface area contributed by atoms with Gasteiger partial charge >= 0.3 is 0 Å². The summed E-state index contributed by atoms with van der Waals surface area (Å²) in [6.07, 6.45) is -0.865. The second-order valence-electron chi connectivity index (χ2n) is 6.02. The quantitative estimate of drug-likeness (QED) is 0.573. The Hall–Kier alpha value is -2.51. The Balaban J connectivity index is 2.17. The molecule has 0 saturated heterocycles. The Labute approximate surface area is 154 Å². The zero-order chi connectivity index (χ0) is 18.8. The van der Waals surface area contributed by atoms with Gasteiger partial charge in [0.1, 0.15) is 10.7 Å². The Morgan fingerprint density at radius 1 is 1.19 bits per heavy atom. The van der Waals surface area contributed by atoms with Gasteiger partial charge < -0.3 is 20.5 Å². The number of halogens is 2. The van der Waals surface area contributed by atoms with Crippen LogP contribution in [0.25, 0.3) is 22.0 Å². The SMILES string of the molecule is NC(=S)c1cc(-c2cn(CCC(F)F)c3cc(CO)ccc23)ccc1O. The monoisotopic (exact) mass is 376 g/mol. The average molecular weight is 376 g/mol. The number of aromatic hydroxyl groups is 1. The summed E-state index contributed by atoms with van der Waals surface area (Å²) >= 11 is 4.96.